The lowest BCUT2D eigenvalue weighted by molar-refractivity contribution is -0.145. The molecule has 7 nitrogen and oxygen atoms in total. The molecule has 0 amide bonds. The number of guanidine groups is 1. The van der Waals surface area contributed by atoms with Gasteiger partial charge in [-0.25, -0.2) is 0 Å². The number of likely N-dealkylation sites (tertiary alicyclic amines) is 1. The van der Waals surface area contributed by atoms with Gasteiger partial charge in [-0.1, -0.05) is 36.7 Å². The molecular formula is C21H32ClIN4O3. The van der Waals surface area contributed by atoms with Crippen molar-refractivity contribution in [2.24, 2.45) is 16.8 Å². The highest BCUT2D eigenvalue weighted by Gasteiger charge is 2.37. The Morgan fingerprint density at radius 2 is 2.03 bits per heavy atom. The van der Waals surface area contributed by atoms with Gasteiger partial charge in [-0.3, -0.25) is 14.7 Å². The van der Waals surface area contributed by atoms with Crippen LogP contribution < -0.4 is 5.32 Å². The predicted molar refractivity (Wildman–Crippen MR) is 130 cm³/mol. The zero-order valence-corrected chi connectivity index (χ0v) is 20.9. The van der Waals surface area contributed by atoms with E-state index in [1.165, 1.54) is 7.11 Å². The third-order valence-corrected chi connectivity index (χ3v) is 6.18. The van der Waals surface area contributed by atoms with Gasteiger partial charge in [-0.15, -0.1) is 24.0 Å². The van der Waals surface area contributed by atoms with Gasteiger partial charge >= 0.3 is 5.97 Å². The number of nitrogens with zero attached hydrogens (tertiary/aromatic N) is 3. The third kappa shape index (κ3) is 5.99. The van der Waals surface area contributed by atoms with Crippen molar-refractivity contribution in [3.63, 3.8) is 0 Å². The van der Waals surface area contributed by atoms with Gasteiger partial charge in [-0.2, -0.15) is 0 Å². The molecule has 168 valence electrons. The Balaban J connectivity index is 0.00000320. The fraction of sp³-hybridized carbons (Fsp3) is 0.619. The maximum absolute atomic E-state index is 12.0. The lowest BCUT2D eigenvalue weighted by Gasteiger charge is -2.36. The molecule has 9 heteroatoms. The number of benzene rings is 1. The number of carbonyl (C=O) groups excluding carboxylic acids is 1. The van der Waals surface area contributed by atoms with E-state index in [4.69, 9.17) is 21.1 Å². The number of nitrogens with one attached hydrogen (secondary N) is 1. The number of morpholine rings is 1. The van der Waals surface area contributed by atoms with E-state index in [0.29, 0.717) is 13.1 Å². The van der Waals surface area contributed by atoms with Crippen molar-refractivity contribution in [1.29, 1.82) is 0 Å². The molecule has 30 heavy (non-hydrogen) atoms. The molecule has 2 aliphatic rings. The van der Waals surface area contributed by atoms with E-state index in [1.807, 2.05) is 18.2 Å². The number of carbonyl (C=O) groups is 1. The molecule has 3 rings (SSSR count). The topological polar surface area (TPSA) is 66.4 Å². The molecule has 2 fully saturated rings. The standard InChI is InChI=1S/C21H31ClN4O3.HI/c1-15-13-26(14-17(15)20(27)28-3)21(23-2)24-12-19(25-8-10-29-11-9-25)16-6-4-5-7-18(16)22;/h4-7,15,17,19H,8-14H2,1-3H3,(H,23,24);1H. The Morgan fingerprint density at radius 3 is 2.67 bits per heavy atom. The average Bonchev–Trinajstić information content (AvgIpc) is 3.13. The van der Waals surface area contributed by atoms with Crippen molar-refractivity contribution in [2.45, 2.75) is 13.0 Å². The van der Waals surface area contributed by atoms with E-state index in [2.05, 4.69) is 33.1 Å². The maximum Gasteiger partial charge on any atom is 0.310 e. The number of methoxy groups -OCH3 is 1. The van der Waals surface area contributed by atoms with Gasteiger partial charge in [0.05, 0.1) is 32.3 Å². The first-order chi connectivity index (χ1) is 14.0. The molecule has 0 bridgehead atoms. The third-order valence-electron chi connectivity index (χ3n) is 5.83. The fourth-order valence-corrected chi connectivity index (χ4v) is 4.45. The molecule has 3 unspecified atom stereocenters. The summed E-state index contributed by atoms with van der Waals surface area (Å²) in [5, 5.41) is 4.28. The van der Waals surface area contributed by atoms with E-state index >= 15 is 0 Å². The summed E-state index contributed by atoms with van der Waals surface area (Å²) in [7, 11) is 3.22. The molecule has 2 aliphatic heterocycles. The Bertz CT molecular complexity index is 730. The fourth-order valence-electron chi connectivity index (χ4n) is 4.19. The van der Waals surface area contributed by atoms with E-state index < -0.39 is 0 Å². The molecular weight excluding hydrogens is 519 g/mol. The van der Waals surface area contributed by atoms with Gasteiger partial charge in [0, 0.05) is 44.8 Å². The Morgan fingerprint density at radius 1 is 1.33 bits per heavy atom. The SMILES string of the molecule is CN=C(NCC(c1ccccc1Cl)N1CCOCC1)N1CC(C)C(C(=O)OC)C1.I. The van der Waals surface area contributed by atoms with Crippen LogP contribution in [0.2, 0.25) is 5.02 Å². The highest BCUT2D eigenvalue weighted by atomic mass is 127. The van der Waals surface area contributed by atoms with Crippen LogP contribution in [0.5, 0.6) is 0 Å². The summed E-state index contributed by atoms with van der Waals surface area (Å²) in [6.07, 6.45) is 0. The molecule has 2 saturated heterocycles. The van der Waals surface area contributed by atoms with Crippen molar-refractivity contribution in [2.75, 3.05) is 60.1 Å². The molecule has 1 aromatic carbocycles. The second-order valence-electron chi connectivity index (χ2n) is 7.63. The molecule has 1 aromatic rings. The smallest absolute Gasteiger partial charge is 0.310 e. The molecule has 1 N–H and O–H groups in total. The first-order valence-corrected chi connectivity index (χ1v) is 10.5. The van der Waals surface area contributed by atoms with Crippen molar-refractivity contribution in [3.8, 4) is 0 Å². The zero-order valence-electron chi connectivity index (χ0n) is 17.8. The van der Waals surface area contributed by atoms with Gasteiger partial charge in [-0.05, 0) is 17.5 Å². The monoisotopic (exact) mass is 550 g/mol. The van der Waals surface area contributed by atoms with Crippen LogP contribution >= 0.6 is 35.6 Å². The van der Waals surface area contributed by atoms with Gasteiger partial charge in [0.25, 0.3) is 0 Å². The van der Waals surface area contributed by atoms with Crippen LogP contribution in [0.15, 0.2) is 29.3 Å². The molecule has 3 atom stereocenters. The number of ether oxygens (including phenoxy) is 2. The molecule has 2 heterocycles. The number of rotatable bonds is 5. The minimum Gasteiger partial charge on any atom is -0.469 e. The number of hydrogen-bond acceptors (Lipinski definition) is 5. The second-order valence-corrected chi connectivity index (χ2v) is 8.03. The van der Waals surface area contributed by atoms with Crippen LogP contribution in [-0.4, -0.2) is 81.8 Å². The lowest BCUT2D eigenvalue weighted by Crippen LogP contribution is -2.47. The predicted octanol–water partition coefficient (Wildman–Crippen LogP) is 2.65. The van der Waals surface area contributed by atoms with Crippen LogP contribution in [0.1, 0.15) is 18.5 Å². The highest BCUT2D eigenvalue weighted by Crippen LogP contribution is 2.28. The molecule has 0 aliphatic carbocycles. The number of esters is 1. The Hall–Kier alpha value is -1.10. The van der Waals surface area contributed by atoms with Gasteiger partial charge < -0.3 is 19.7 Å². The maximum atomic E-state index is 12.0. The van der Waals surface area contributed by atoms with Gasteiger partial charge in [0.2, 0.25) is 0 Å². The first kappa shape index (κ1) is 25.2. The summed E-state index contributed by atoms with van der Waals surface area (Å²) in [4.78, 5) is 21.0. The van der Waals surface area contributed by atoms with Gasteiger partial charge in [0.15, 0.2) is 5.96 Å². The van der Waals surface area contributed by atoms with Crippen molar-refractivity contribution in [3.05, 3.63) is 34.9 Å². The Kier molecular flexibility index (Phi) is 10.1. The van der Waals surface area contributed by atoms with Gasteiger partial charge in [0.1, 0.15) is 0 Å². The van der Waals surface area contributed by atoms with Crippen LogP contribution in [0.4, 0.5) is 0 Å². The van der Waals surface area contributed by atoms with Crippen molar-refractivity contribution < 1.29 is 14.3 Å². The van der Waals surface area contributed by atoms with E-state index in [0.717, 1.165) is 49.4 Å². The first-order valence-electron chi connectivity index (χ1n) is 10.1. The molecule has 0 saturated carbocycles. The minimum atomic E-state index is -0.155. The number of halogens is 2. The van der Waals surface area contributed by atoms with E-state index in [1.54, 1.807) is 7.05 Å². The number of hydrogen-bond donors (Lipinski definition) is 1. The van der Waals surface area contributed by atoms with Crippen molar-refractivity contribution >= 4 is 47.5 Å². The summed E-state index contributed by atoms with van der Waals surface area (Å²) in [5.74, 6) is 0.739. The number of aliphatic imine (C=N–C) groups is 1. The largest absolute Gasteiger partial charge is 0.469 e. The highest BCUT2D eigenvalue weighted by molar-refractivity contribution is 14.0. The summed E-state index contributed by atoms with van der Waals surface area (Å²) >= 11 is 6.53. The summed E-state index contributed by atoms with van der Waals surface area (Å²) < 4.78 is 10.5. The molecule has 0 aromatic heterocycles. The van der Waals surface area contributed by atoms with Crippen LogP contribution in [-0.2, 0) is 14.3 Å². The Labute approximate surface area is 201 Å². The van der Waals surface area contributed by atoms with Crippen LogP contribution in [0, 0.1) is 11.8 Å². The lowest BCUT2D eigenvalue weighted by atomic mass is 9.99. The minimum absolute atomic E-state index is 0. The summed E-state index contributed by atoms with van der Waals surface area (Å²) in [6.45, 7) is 7.30. The molecule has 0 spiro atoms. The van der Waals surface area contributed by atoms with E-state index in [9.17, 15) is 4.79 Å². The van der Waals surface area contributed by atoms with Crippen molar-refractivity contribution in [1.82, 2.24) is 15.1 Å². The van der Waals surface area contributed by atoms with Crippen LogP contribution in [0.3, 0.4) is 0 Å². The average molecular weight is 551 g/mol. The normalized spacial score (nSPS) is 23.6. The van der Waals surface area contributed by atoms with E-state index in [-0.39, 0.29) is 47.8 Å². The summed E-state index contributed by atoms with van der Waals surface area (Å²) in [6, 6.07) is 8.10. The second kappa shape index (κ2) is 12.1. The van der Waals surface area contributed by atoms with Crippen LogP contribution in [0.25, 0.3) is 0 Å². The molecule has 0 radical (unpaired) electrons. The summed E-state index contributed by atoms with van der Waals surface area (Å²) in [5.41, 5.74) is 1.10. The quantitative estimate of drug-likeness (QED) is 0.263. The zero-order chi connectivity index (χ0) is 20.8.